The van der Waals surface area contributed by atoms with Crippen LogP contribution in [-0.2, 0) is 4.79 Å². The quantitative estimate of drug-likeness (QED) is 0.415. The van der Waals surface area contributed by atoms with Gasteiger partial charge in [0.25, 0.3) is 5.56 Å². The third kappa shape index (κ3) is 5.21. The smallest absolute Gasteiger partial charge is 0.266 e. The van der Waals surface area contributed by atoms with E-state index < -0.39 is 0 Å². The van der Waals surface area contributed by atoms with Gasteiger partial charge in [-0.05, 0) is 56.5 Å². The highest BCUT2D eigenvalue weighted by atomic mass is 35.5. The maximum atomic E-state index is 13.6. The molecule has 0 spiro atoms. The molecule has 0 N–H and O–H groups in total. The summed E-state index contributed by atoms with van der Waals surface area (Å²) >= 11 is 6.20. The third-order valence-electron chi connectivity index (χ3n) is 5.65. The molecule has 0 saturated heterocycles. The molecule has 1 atom stereocenters. The van der Waals surface area contributed by atoms with E-state index in [1.54, 1.807) is 22.8 Å². The number of hydrogen-bond donors (Lipinski definition) is 0. The number of carbonyl (C=O) groups excluding carboxylic acids is 1. The fraction of sp³-hybridized carbons (Fsp3) is 0.423. The van der Waals surface area contributed by atoms with E-state index in [2.05, 4.69) is 6.92 Å². The number of unbranched alkanes of at least 4 members (excludes halogenated alkanes) is 1. The van der Waals surface area contributed by atoms with Gasteiger partial charge in [0.2, 0.25) is 5.91 Å². The lowest BCUT2D eigenvalue weighted by Crippen LogP contribution is -2.38. The number of rotatable bonds is 8. The van der Waals surface area contributed by atoms with Gasteiger partial charge in [-0.2, -0.15) is 0 Å². The Labute approximate surface area is 195 Å². The fourth-order valence-corrected chi connectivity index (χ4v) is 4.03. The largest absolute Gasteiger partial charge is 0.333 e. The minimum atomic E-state index is -0.370. The van der Waals surface area contributed by atoms with Crippen molar-refractivity contribution in [3.8, 4) is 5.69 Å². The highest BCUT2D eigenvalue weighted by Gasteiger charge is 2.27. The van der Waals surface area contributed by atoms with Gasteiger partial charge in [-0.15, -0.1) is 0 Å². The van der Waals surface area contributed by atoms with Gasteiger partial charge in [0.15, 0.2) is 0 Å². The molecule has 1 amide bonds. The molecule has 3 aromatic rings. The van der Waals surface area contributed by atoms with Crippen LogP contribution in [0, 0.1) is 12.8 Å². The predicted octanol–water partition coefficient (Wildman–Crippen LogP) is 6.08. The summed E-state index contributed by atoms with van der Waals surface area (Å²) in [6.07, 6.45) is 2.33. The number of nitrogens with zero attached hydrogens (tertiary/aromatic N) is 3. The standard InChI is InChI=1S/C26H32ClN3O2/c1-6-7-14-29(24(31)15-17(2)3)19(5)25-28-23-16-20(27)10-13-22(23)26(32)30(25)21-11-8-18(4)9-12-21/h8-13,16-17,19H,6-7,14-15H2,1-5H3. The van der Waals surface area contributed by atoms with Crippen molar-refractivity contribution in [1.29, 1.82) is 0 Å². The topological polar surface area (TPSA) is 55.2 Å². The summed E-state index contributed by atoms with van der Waals surface area (Å²) in [5.74, 6) is 0.875. The summed E-state index contributed by atoms with van der Waals surface area (Å²) in [6.45, 7) is 10.8. The minimum Gasteiger partial charge on any atom is -0.333 e. The molecular weight excluding hydrogens is 422 g/mol. The molecule has 0 radical (unpaired) electrons. The van der Waals surface area contributed by atoms with E-state index in [0.29, 0.717) is 34.7 Å². The normalized spacial score (nSPS) is 12.3. The monoisotopic (exact) mass is 453 g/mol. The van der Waals surface area contributed by atoms with Crippen LogP contribution in [0.15, 0.2) is 47.3 Å². The Morgan fingerprint density at radius 2 is 1.81 bits per heavy atom. The van der Waals surface area contributed by atoms with E-state index in [-0.39, 0.29) is 23.4 Å². The Morgan fingerprint density at radius 1 is 1.12 bits per heavy atom. The van der Waals surface area contributed by atoms with Crippen molar-refractivity contribution in [2.45, 2.75) is 59.9 Å². The van der Waals surface area contributed by atoms with E-state index in [9.17, 15) is 9.59 Å². The second-order valence-electron chi connectivity index (χ2n) is 8.82. The van der Waals surface area contributed by atoms with Gasteiger partial charge in [0.05, 0.1) is 22.6 Å². The summed E-state index contributed by atoms with van der Waals surface area (Å²) < 4.78 is 1.64. The molecule has 0 bridgehead atoms. The first-order valence-electron chi connectivity index (χ1n) is 11.3. The zero-order chi connectivity index (χ0) is 23.4. The summed E-state index contributed by atoms with van der Waals surface area (Å²) in [7, 11) is 0. The van der Waals surface area contributed by atoms with Crippen molar-refractivity contribution < 1.29 is 4.79 Å². The number of carbonyl (C=O) groups is 1. The molecule has 6 heteroatoms. The van der Waals surface area contributed by atoms with Crippen molar-refractivity contribution in [2.24, 2.45) is 5.92 Å². The Kier molecular flexibility index (Phi) is 7.73. The van der Waals surface area contributed by atoms with Gasteiger partial charge < -0.3 is 4.90 Å². The fourth-order valence-electron chi connectivity index (χ4n) is 3.87. The van der Waals surface area contributed by atoms with Crippen LogP contribution in [0.2, 0.25) is 5.02 Å². The SMILES string of the molecule is CCCCN(C(=O)CC(C)C)C(C)c1nc2cc(Cl)ccc2c(=O)n1-c1ccc(C)cc1. The van der Waals surface area contributed by atoms with Crippen LogP contribution >= 0.6 is 11.6 Å². The van der Waals surface area contributed by atoms with Crippen LogP contribution in [0.3, 0.4) is 0 Å². The number of halogens is 1. The number of fused-ring (bicyclic) bond motifs is 1. The number of amides is 1. The van der Waals surface area contributed by atoms with Gasteiger partial charge >= 0.3 is 0 Å². The molecule has 2 aromatic carbocycles. The maximum Gasteiger partial charge on any atom is 0.266 e. The van der Waals surface area contributed by atoms with E-state index >= 15 is 0 Å². The highest BCUT2D eigenvalue weighted by molar-refractivity contribution is 6.31. The third-order valence-corrected chi connectivity index (χ3v) is 5.88. The molecule has 1 aromatic heterocycles. The average molecular weight is 454 g/mol. The number of hydrogen-bond acceptors (Lipinski definition) is 3. The van der Waals surface area contributed by atoms with Gasteiger partial charge in [0, 0.05) is 18.0 Å². The lowest BCUT2D eigenvalue weighted by Gasteiger charge is -2.31. The van der Waals surface area contributed by atoms with Crippen LogP contribution < -0.4 is 5.56 Å². The van der Waals surface area contributed by atoms with Crippen molar-refractivity contribution in [2.75, 3.05) is 6.54 Å². The van der Waals surface area contributed by atoms with Gasteiger partial charge in [-0.25, -0.2) is 4.98 Å². The molecule has 0 aliphatic heterocycles. The lowest BCUT2D eigenvalue weighted by atomic mass is 10.1. The zero-order valence-electron chi connectivity index (χ0n) is 19.6. The summed E-state index contributed by atoms with van der Waals surface area (Å²) in [5, 5.41) is 1.02. The van der Waals surface area contributed by atoms with Crippen LogP contribution in [0.5, 0.6) is 0 Å². The summed E-state index contributed by atoms with van der Waals surface area (Å²) in [6, 6.07) is 12.5. The molecule has 1 unspecified atom stereocenters. The molecular formula is C26H32ClN3O2. The Hall–Kier alpha value is -2.66. The lowest BCUT2D eigenvalue weighted by molar-refractivity contribution is -0.134. The molecule has 3 rings (SSSR count). The summed E-state index contributed by atoms with van der Waals surface area (Å²) in [4.78, 5) is 33.5. The van der Waals surface area contributed by atoms with Gasteiger partial charge in [0.1, 0.15) is 5.82 Å². The zero-order valence-corrected chi connectivity index (χ0v) is 20.3. The first-order valence-corrected chi connectivity index (χ1v) is 11.7. The van der Waals surface area contributed by atoms with Crippen molar-refractivity contribution in [3.05, 3.63) is 69.2 Å². The van der Waals surface area contributed by atoms with E-state index in [1.165, 1.54) is 0 Å². The molecule has 1 heterocycles. The number of benzene rings is 2. The molecule has 0 saturated carbocycles. The predicted molar refractivity (Wildman–Crippen MR) is 132 cm³/mol. The molecule has 32 heavy (non-hydrogen) atoms. The van der Waals surface area contributed by atoms with E-state index in [1.807, 2.05) is 56.9 Å². The minimum absolute atomic E-state index is 0.0804. The number of aromatic nitrogens is 2. The van der Waals surface area contributed by atoms with Gasteiger partial charge in [-0.1, -0.05) is 56.5 Å². The Balaban J connectivity index is 2.23. The Bertz CT molecular complexity index is 1150. The van der Waals surface area contributed by atoms with Crippen molar-refractivity contribution in [1.82, 2.24) is 14.5 Å². The molecule has 5 nitrogen and oxygen atoms in total. The first-order chi connectivity index (χ1) is 15.2. The van der Waals surface area contributed by atoms with Crippen LogP contribution in [-0.4, -0.2) is 26.9 Å². The van der Waals surface area contributed by atoms with Crippen molar-refractivity contribution >= 4 is 28.4 Å². The molecule has 170 valence electrons. The molecule has 0 aliphatic carbocycles. The van der Waals surface area contributed by atoms with Crippen LogP contribution in [0.25, 0.3) is 16.6 Å². The van der Waals surface area contributed by atoms with E-state index in [4.69, 9.17) is 16.6 Å². The second kappa shape index (κ2) is 10.3. The molecule has 0 fully saturated rings. The van der Waals surface area contributed by atoms with Crippen LogP contribution in [0.1, 0.15) is 64.4 Å². The van der Waals surface area contributed by atoms with Crippen LogP contribution in [0.4, 0.5) is 0 Å². The summed E-state index contributed by atoms with van der Waals surface area (Å²) in [5.41, 5.74) is 2.22. The second-order valence-corrected chi connectivity index (χ2v) is 9.26. The van der Waals surface area contributed by atoms with Gasteiger partial charge in [-0.3, -0.25) is 14.2 Å². The number of aryl methyl sites for hydroxylation is 1. The molecule has 0 aliphatic rings. The first kappa shape index (κ1) is 24.0. The van der Waals surface area contributed by atoms with E-state index in [0.717, 1.165) is 24.1 Å². The Morgan fingerprint density at radius 3 is 2.44 bits per heavy atom. The highest BCUT2D eigenvalue weighted by Crippen LogP contribution is 2.26. The average Bonchev–Trinajstić information content (AvgIpc) is 2.74. The maximum absolute atomic E-state index is 13.6. The van der Waals surface area contributed by atoms with Crippen molar-refractivity contribution in [3.63, 3.8) is 0 Å².